The third-order valence-corrected chi connectivity index (χ3v) is 2.24. The molecule has 0 rings (SSSR count). The number of aliphatic hydroxyl groups excluding tert-OH is 1. The van der Waals surface area contributed by atoms with Crippen molar-refractivity contribution in [2.24, 2.45) is 17.8 Å². The van der Waals surface area contributed by atoms with Crippen LogP contribution in [0.2, 0.25) is 0 Å². The monoisotopic (exact) mass is 188 g/mol. The van der Waals surface area contributed by atoms with Gasteiger partial charge in [-0.3, -0.25) is 4.79 Å². The maximum absolute atomic E-state index is 11.3. The van der Waals surface area contributed by atoms with E-state index in [2.05, 4.69) is 4.74 Å². The predicted octanol–water partition coefficient (Wildman–Crippen LogP) is 1.45. The first-order valence-corrected chi connectivity index (χ1v) is 4.67. The standard InChI is InChI=1S/C10H20O3/c1-6(2)8(10(12)13-5)9(11)7(3)4/h6-9,11H,1-5H3. The largest absolute Gasteiger partial charge is 0.469 e. The van der Waals surface area contributed by atoms with Crippen molar-refractivity contribution in [1.82, 2.24) is 0 Å². The van der Waals surface area contributed by atoms with Crippen molar-refractivity contribution < 1.29 is 14.6 Å². The van der Waals surface area contributed by atoms with Gasteiger partial charge >= 0.3 is 5.97 Å². The van der Waals surface area contributed by atoms with Gasteiger partial charge in [-0.05, 0) is 11.8 Å². The minimum Gasteiger partial charge on any atom is -0.469 e. The first-order chi connectivity index (χ1) is 5.91. The Morgan fingerprint density at radius 1 is 1.15 bits per heavy atom. The molecule has 0 saturated heterocycles. The molecular formula is C10H20O3. The number of hydrogen-bond acceptors (Lipinski definition) is 3. The van der Waals surface area contributed by atoms with E-state index >= 15 is 0 Å². The fraction of sp³-hybridized carbons (Fsp3) is 0.900. The van der Waals surface area contributed by atoms with Crippen molar-refractivity contribution in [1.29, 1.82) is 0 Å². The van der Waals surface area contributed by atoms with Crippen LogP contribution in [0.15, 0.2) is 0 Å². The third kappa shape index (κ3) is 3.35. The molecule has 2 unspecified atom stereocenters. The number of rotatable bonds is 4. The minimum absolute atomic E-state index is 0.0755. The number of carbonyl (C=O) groups excluding carboxylic acids is 1. The average Bonchev–Trinajstić information content (AvgIpc) is 2.03. The zero-order chi connectivity index (χ0) is 10.6. The summed E-state index contributed by atoms with van der Waals surface area (Å²) in [4.78, 5) is 11.3. The molecule has 1 N–H and O–H groups in total. The van der Waals surface area contributed by atoms with Crippen LogP contribution >= 0.6 is 0 Å². The average molecular weight is 188 g/mol. The quantitative estimate of drug-likeness (QED) is 0.679. The van der Waals surface area contributed by atoms with E-state index in [1.165, 1.54) is 7.11 Å². The number of hydrogen-bond donors (Lipinski definition) is 1. The summed E-state index contributed by atoms with van der Waals surface area (Å²) < 4.78 is 4.65. The Hall–Kier alpha value is -0.570. The summed E-state index contributed by atoms with van der Waals surface area (Å²) in [6.07, 6.45) is -0.618. The minimum atomic E-state index is -0.618. The second-order valence-corrected chi connectivity index (χ2v) is 4.03. The van der Waals surface area contributed by atoms with Gasteiger partial charge in [-0.25, -0.2) is 0 Å². The number of methoxy groups -OCH3 is 1. The molecule has 0 aliphatic rings. The lowest BCUT2D eigenvalue weighted by Crippen LogP contribution is -2.36. The summed E-state index contributed by atoms with van der Waals surface area (Å²) >= 11 is 0. The highest BCUT2D eigenvalue weighted by atomic mass is 16.5. The van der Waals surface area contributed by atoms with Crippen LogP contribution in [0, 0.1) is 17.8 Å². The molecule has 0 fully saturated rings. The van der Waals surface area contributed by atoms with Crippen molar-refractivity contribution in [3.8, 4) is 0 Å². The molecule has 0 bridgehead atoms. The molecule has 0 aromatic heterocycles. The maximum atomic E-state index is 11.3. The Bertz CT molecular complexity index is 164. The van der Waals surface area contributed by atoms with E-state index in [9.17, 15) is 9.90 Å². The van der Waals surface area contributed by atoms with Crippen molar-refractivity contribution in [3.63, 3.8) is 0 Å². The first kappa shape index (κ1) is 12.4. The maximum Gasteiger partial charge on any atom is 0.311 e. The van der Waals surface area contributed by atoms with Gasteiger partial charge in [0, 0.05) is 0 Å². The van der Waals surface area contributed by atoms with Gasteiger partial charge in [-0.2, -0.15) is 0 Å². The van der Waals surface area contributed by atoms with Crippen LogP contribution in [-0.2, 0) is 9.53 Å². The summed E-state index contributed by atoms with van der Waals surface area (Å²) in [6.45, 7) is 7.60. The van der Waals surface area contributed by atoms with Gasteiger partial charge in [0.2, 0.25) is 0 Å². The van der Waals surface area contributed by atoms with Crippen LogP contribution in [0.5, 0.6) is 0 Å². The SMILES string of the molecule is COC(=O)C(C(C)C)C(O)C(C)C. The molecule has 3 heteroatoms. The summed E-state index contributed by atoms with van der Waals surface area (Å²) in [5.74, 6) is -0.558. The number of carbonyl (C=O) groups is 1. The van der Waals surface area contributed by atoms with Crippen LogP contribution in [0.3, 0.4) is 0 Å². The molecule has 13 heavy (non-hydrogen) atoms. The van der Waals surface area contributed by atoms with E-state index in [0.717, 1.165) is 0 Å². The summed E-state index contributed by atoms with van der Waals surface area (Å²) in [5.41, 5.74) is 0. The smallest absolute Gasteiger partial charge is 0.311 e. The number of aliphatic hydroxyl groups is 1. The van der Waals surface area contributed by atoms with Crippen molar-refractivity contribution in [3.05, 3.63) is 0 Å². The summed E-state index contributed by atoms with van der Waals surface area (Å²) in [6, 6.07) is 0. The first-order valence-electron chi connectivity index (χ1n) is 4.67. The van der Waals surface area contributed by atoms with Gasteiger partial charge in [0.1, 0.15) is 0 Å². The normalized spacial score (nSPS) is 16.0. The van der Waals surface area contributed by atoms with Gasteiger partial charge in [0.15, 0.2) is 0 Å². The second kappa shape index (κ2) is 5.22. The molecule has 2 atom stereocenters. The lowest BCUT2D eigenvalue weighted by atomic mass is 9.85. The Balaban J connectivity index is 4.51. The Morgan fingerprint density at radius 2 is 1.62 bits per heavy atom. The molecule has 0 spiro atoms. The highest BCUT2D eigenvalue weighted by molar-refractivity contribution is 5.73. The summed E-state index contributed by atoms with van der Waals surface area (Å²) in [7, 11) is 1.35. The molecule has 78 valence electrons. The number of esters is 1. The van der Waals surface area contributed by atoms with Crippen LogP contribution in [0.4, 0.5) is 0 Å². The van der Waals surface area contributed by atoms with E-state index in [1.807, 2.05) is 27.7 Å². The molecule has 0 heterocycles. The van der Waals surface area contributed by atoms with Crippen molar-refractivity contribution >= 4 is 5.97 Å². The second-order valence-electron chi connectivity index (χ2n) is 4.03. The van der Waals surface area contributed by atoms with Gasteiger partial charge in [-0.15, -0.1) is 0 Å². The highest BCUT2D eigenvalue weighted by Crippen LogP contribution is 2.22. The van der Waals surface area contributed by atoms with Crippen molar-refractivity contribution in [2.75, 3.05) is 7.11 Å². The lowest BCUT2D eigenvalue weighted by molar-refractivity contribution is -0.153. The molecule has 0 amide bonds. The van der Waals surface area contributed by atoms with Gasteiger partial charge in [-0.1, -0.05) is 27.7 Å². The fourth-order valence-corrected chi connectivity index (χ4v) is 1.36. The zero-order valence-corrected chi connectivity index (χ0v) is 9.07. The van der Waals surface area contributed by atoms with Gasteiger partial charge in [0.05, 0.1) is 19.1 Å². The van der Waals surface area contributed by atoms with E-state index in [0.29, 0.717) is 0 Å². The molecule has 0 aromatic rings. The molecular weight excluding hydrogens is 168 g/mol. The predicted molar refractivity (Wildman–Crippen MR) is 51.2 cm³/mol. The molecule has 0 aromatic carbocycles. The molecule has 0 aliphatic heterocycles. The van der Waals surface area contributed by atoms with Crippen LogP contribution in [0.1, 0.15) is 27.7 Å². The van der Waals surface area contributed by atoms with Gasteiger partial charge < -0.3 is 9.84 Å². The van der Waals surface area contributed by atoms with Gasteiger partial charge in [0.25, 0.3) is 0 Å². The summed E-state index contributed by atoms with van der Waals surface area (Å²) in [5, 5.41) is 9.76. The topological polar surface area (TPSA) is 46.5 Å². The van der Waals surface area contributed by atoms with E-state index in [-0.39, 0.29) is 17.8 Å². The fourth-order valence-electron chi connectivity index (χ4n) is 1.36. The molecule has 0 radical (unpaired) electrons. The van der Waals surface area contributed by atoms with Crippen LogP contribution in [0.25, 0.3) is 0 Å². The van der Waals surface area contributed by atoms with Crippen molar-refractivity contribution in [2.45, 2.75) is 33.8 Å². The highest BCUT2D eigenvalue weighted by Gasteiger charge is 2.32. The van der Waals surface area contributed by atoms with E-state index < -0.39 is 12.0 Å². The van der Waals surface area contributed by atoms with E-state index in [1.54, 1.807) is 0 Å². The third-order valence-electron chi connectivity index (χ3n) is 2.24. The van der Waals surface area contributed by atoms with Crippen LogP contribution in [-0.4, -0.2) is 24.3 Å². The lowest BCUT2D eigenvalue weighted by Gasteiger charge is -2.26. The van der Waals surface area contributed by atoms with Crippen LogP contribution < -0.4 is 0 Å². The molecule has 0 saturated carbocycles. The Morgan fingerprint density at radius 3 is 1.85 bits per heavy atom. The molecule has 0 aliphatic carbocycles. The number of ether oxygens (including phenoxy) is 1. The zero-order valence-electron chi connectivity index (χ0n) is 9.07. The Kier molecular flexibility index (Phi) is 4.99. The van der Waals surface area contributed by atoms with E-state index in [4.69, 9.17) is 0 Å². The Labute approximate surface area is 80.1 Å². The molecule has 3 nitrogen and oxygen atoms in total.